The second-order valence-electron chi connectivity index (χ2n) is 5.41. The summed E-state index contributed by atoms with van der Waals surface area (Å²) >= 11 is 0. The molecule has 1 aromatic rings. The fraction of sp³-hybridized carbons (Fsp3) is 0.538. The predicted octanol–water partition coefficient (Wildman–Crippen LogP) is 2.34. The molecule has 0 spiro atoms. The van der Waals surface area contributed by atoms with Crippen LogP contribution in [0.1, 0.15) is 31.7 Å². The molecule has 2 aliphatic heterocycles. The minimum Gasteiger partial charge on any atom is -0.381 e. The lowest BCUT2D eigenvalue weighted by Crippen LogP contribution is -2.52. The molecule has 2 atom stereocenters. The van der Waals surface area contributed by atoms with Crippen LogP contribution in [0, 0.1) is 0 Å². The van der Waals surface area contributed by atoms with Crippen LogP contribution in [0.25, 0.3) is 0 Å². The number of para-hydroxylation sites is 1. The summed E-state index contributed by atoms with van der Waals surface area (Å²) in [7, 11) is 0. The van der Waals surface area contributed by atoms with E-state index in [2.05, 4.69) is 48.7 Å². The van der Waals surface area contributed by atoms with Gasteiger partial charge in [0.15, 0.2) is 0 Å². The van der Waals surface area contributed by atoms with Gasteiger partial charge in [-0.15, -0.1) is 0 Å². The zero-order valence-corrected chi connectivity index (χ0v) is 9.38. The lowest BCUT2D eigenvalue weighted by atomic mass is 9.82. The molecular formula is C13H18N2. The third-order valence-corrected chi connectivity index (χ3v) is 3.72. The molecule has 2 heteroatoms. The van der Waals surface area contributed by atoms with E-state index in [9.17, 15) is 0 Å². The number of nitrogens with one attached hydrogen (secondary N) is 2. The highest BCUT2D eigenvalue weighted by Gasteiger charge is 2.39. The standard InChI is InChI=1S/C13H18N2/c1-13(2)7-12-10(8-14-13)9-5-3-4-6-11(9)15-12/h3-6,10,12,14-15H,7-8H2,1-2H3. The molecule has 3 rings (SSSR count). The molecule has 2 heterocycles. The van der Waals surface area contributed by atoms with E-state index in [0.717, 1.165) is 6.54 Å². The number of benzene rings is 1. The van der Waals surface area contributed by atoms with Gasteiger partial charge in [0.05, 0.1) is 0 Å². The van der Waals surface area contributed by atoms with E-state index >= 15 is 0 Å². The Labute approximate surface area is 91.1 Å². The molecule has 0 bridgehead atoms. The van der Waals surface area contributed by atoms with Crippen molar-refractivity contribution in [2.45, 2.75) is 37.8 Å². The molecule has 0 aromatic heterocycles. The quantitative estimate of drug-likeness (QED) is 0.674. The molecule has 0 aliphatic carbocycles. The zero-order valence-electron chi connectivity index (χ0n) is 9.38. The summed E-state index contributed by atoms with van der Waals surface area (Å²) in [6, 6.07) is 9.33. The lowest BCUT2D eigenvalue weighted by Gasteiger charge is -2.38. The number of piperidine rings is 1. The zero-order chi connectivity index (χ0) is 10.5. The molecule has 0 radical (unpaired) electrons. The summed E-state index contributed by atoms with van der Waals surface area (Å²) in [5.74, 6) is 0.661. The molecule has 15 heavy (non-hydrogen) atoms. The molecule has 1 saturated heterocycles. The van der Waals surface area contributed by atoms with Gasteiger partial charge in [-0.25, -0.2) is 0 Å². The first-order chi connectivity index (χ1) is 7.16. The van der Waals surface area contributed by atoms with Gasteiger partial charge in [-0.3, -0.25) is 0 Å². The van der Waals surface area contributed by atoms with E-state index in [1.807, 2.05) is 0 Å². The lowest BCUT2D eigenvalue weighted by molar-refractivity contribution is 0.269. The number of hydrogen-bond acceptors (Lipinski definition) is 2. The Morgan fingerprint density at radius 2 is 2.07 bits per heavy atom. The van der Waals surface area contributed by atoms with Crippen molar-refractivity contribution in [2.24, 2.45) is 0 Å². The minimum absolute atomic E-state index is 0.274. The van der Waals surface area contributed by atoms with Crippen LogP contribution >= 0.6 is 0 Å². The monoisotopic (exact) mass is 202 g/mol. The molecule has 0 saturated carbocycles. The van der Waals surface area contributed by atoms with Gasteiger partial charge in [0.1, 0.15) is 0 Å². The summed E-state index contributed by atoms with van der Waals surface area (Å²) in [4.78, 5) is 0. The van der Waals surface area contributed by atoms with E-state index in [4.69, 9.17) is 0 Å². The summed E-state index contributed by atoms with van der Waals surface area (Å²) in [6.45, 7) is 5.67. The number of rotatable bonds is 0. The molecule has 2 nitrogen and oxygen atoms in total. The third kappa shape index (κ3) is 1.44. The van der Waals surface area contributed by atoms with Crippen LogP contribution in [0.4, 0.5) is 5.69 Å². The Bertz CT molecular complexity index is 384. The van der Waals surface area contributed by atoms with Crippen LogP contribution in [0.3, 0.4) is 0 Å². The first-order valence-electron chi connectivity index (χ1n) is 5.76. The highest BCUT2D eigenvalue weighted by molar-refractivity contribution is 5.59. The molecule has 2 unspecified atom stereocenters. The fourth-order valence-electron chi connectivity index (χ4n) is 2.92. The van der Waals surface area contributed by atoms with Crippen molar-refractivity contribution in [3.05, 3.63) is 29.8 Å². The Balaban J connectivity index is 1.92. The van der Waals surface area contributed by atoms with E-state index in [1.165, 1.54) is 17.7 Å². The normalized spacial score (nSPS) is 31.6. The molecule has 0 amide bonds. The number of hydrogen-bond donors (Lipinski definition) is 2. The van der Waals surface area contributed by atoms with Crippen LogP contribution in [-0.2, 0) is 0 Å². The second-order valence-corrected chi connectivity index (χ2v) is 5.41. The van der Waals surface area contributed by atoms with Crippen LogP contribution in [-0.4, -0.2) is 18.1 Å². The number of anilines is 1. The van der Waals surface area contributed by atoms with Gasteiger partial charge in [0.2, 0.25) is 0 Å². The maximum absolute atomic E-state index is 3.65. The predicted molar refractivity (Wildman–Crippen MR) is 63.3 cm³/mol. The Morgan fingerprint density at radius 1 is 1.27 bits per heavy atom. The third-order valence-electron chi connectivity index (χ3n) is 3.72. The highest BCUT2D eigenvalue weighted by Crippen LogP contribution is 2.40. The van der Waals surface area contributed by atoms with Gasteiger partial charge in [0, 0.05) is 29.7 Å². The van der Waals surface area contributed by atoms with Crippen LogP contribution < -0.4 is 10.6 Å². The molecule has 2 N–H and O–H groups in total. The van der Waals surface area contributed by atoms with Gasteiger partial charge < -0.3 is 10.6 Å². The smallest absolute Gasteiger partial charge is 0.0379 e. The van der Waals surface area contributed by atoms with E-state index in [0.29, 0.717) is 12.0 Å². The van der Waals surface area contributed by atoms with E-state index < -0.39 is 0 Å². The molecule has 2 aliphatic rings. The Kier molecular flexibility index (Phi) is 1.84. The van der Waals surface area contributed by atoms with Crippen molar-refractivity contribution in [2.75, 3.05) is 11.9 Å². The van der Waals surface area contributed by atoms with Crippen molar-refractivity contribution in [1.82, 2.24) is 5.32 Å². The minimum atomic E-state index is 0.274. The molecule has 1 aromatic carbocycles. The average Bonchev–Trinajstić information content (AvgIpc) is 2.52. The van der Waals surface area contributed by atoms with Crippen LogP contribution in [0.15, 0.2) is 24.3 Å². The molecule has 1 fully saturated rings. The Morgan fingerprint density at radius 3 is 2.93 bits per heavy atom. The maximum atomic E-state index is 3.65. The molecule has 80 valence electrons. The van der Waals surface area contributed by atoms with Gasteiger partial charge in [-0.2, -0.15) is 0 Å². The van der Waals surface area contributed by atoms with Crippen molar-refractivity contribution in [3.8, 4) is 0 Å². The van der Waals surface area contributed by atoms with Crippen molar-refractivity contribution in [1.29, 1.82) is 0 Å². The molecular weight excluding hydrogens is 184 g/mol. The second kappa shape index (κ2) is 2.99. The van der Waals surface area contributed by atoms with Gasteiger partial charge in [-0.05, 0) is 31.9 Å². The Hall–Kier alpha value is -1.02. The largest absolute Gasteiger partial charge is 0.381 e. The van der Waals surface area contributed by atoms with Gasteiger partial charge >= 0.3 is 0 Å². The highest BCUT2D eigenvalue weighted by atomic mass is 15.1. The summed E-state index contributed by atoms with van der Waals surface area (Å²) in [5.41, 5.74) is 3.11. The van der Waals surface area contributed by atoms with Gasteiger partial charge in [0.25, 0.3) is 0 Å². The van der Waals surface area contributed by atoms with E-state index in [1.54, 1.807) is 0 Å². The van der Waals surface area contributed by atoms with Crippen molar-refractivity contribution in [3.63, 3.8) is 0 Å². The summed E-state index contributed by atoms with van der Waals surface area (Å²) in [6.07, 6.45) is 1.20. The maximum Gasteiger partial charge on any atom is 0.0379 e. The number of fused-ring (bicyclic) bond motifs is 3. The van der Waals surface area contributed by atoms with Crippen molar-refractivity contribution < 1.29 is 0 Å². The average molecular weight is 202 g/mol. The SMILES string of the molecule is CC1(C)CC2Nc3ccccc3C2CN1. The summed E-state index contributed by atoms with van der Waals surface area (Å²) in [5, 5.41) is 7.28. The van der Waals surface area contributed by atoms with Crippen LogP contribution in [0.2, 0.25) is 0 Å². The van der Waals surface area contributed by atoms with Gasteiger partial charge in [-0.1, -0.05) is 18.2 Å². The van der Waals surface area contributed by atoms with Crippen LogP contribution in [0.5, 0.6) is 0 Å². The fourth-order valence-corrected chi connectivity index (χ4v) is 2.92. The summed E-state index contributed by atoms with van der Waals surface area (Å²) < 4.78 is 0. The first-order valence-corrected chi connectivity index (χ1v) is 5.76. The van der Waals surface area contributed by atoms with E-state index in [-0.39, 0.29) is 5.54 Å². The first kappa shape index (κ1) is 9.22. The van der Waals surface area contributed by atoms with Crippen molar-refractivity contribution >= 4 is 5.69 Å². The topological polar surface area (TPSA) is 24.1 Å².